The Labute approximate surface area is 131 Å². The molecule has 118 valence electrons. The van der Waals surface area contributed by atoms with Gasteiger partial charge in [0.15, 0.2) is 0 Å². The van der Waals surface area contributed by atoms with Gasteiger partial charge in [0.25, 0.3) is 0 Å². The van der Waals surface area contributed by atoms with E-state index in [-0.39, 0.29) is 0 Å². The van der Waals surface area contributed by atoms with Crippen LogP contribution in [0.25, 0.3) is 0 Å². The van der Waals surface area contributed by atoms with Gasteiger partial charge in [0.2, 0.25) is 0 Å². The molecule has 1 N–H and O–H groups in total. The fraction of sp³-hybridized carbons (Fsp3) is 0.471. The van der Waals surface area contributed by atoms with Crippen molar-refractivity contribution in [2.75, 3.05) is 25.1 Å². The maximum absolute atomic E-state index is 10.4. The first-order valence-electron chi connectivity index (χ1n) is 7.76. The van der Waals surface area contributed by atoms with Crippen molar-refractivity contribution in [1.29, 1.82) is 0 Å². The van der Waals surface area contributed by atoms with E-state index in [1.54, 1.807) is 18.0 Å². The molecule has 1 aliphatic heterocycles. The summed E-state index contributed by atoms with van der Waals surface area (Å²) in [7, 11) is 1.71. The zero-order chi connectivity index (χ0) is 15.5. The summed E-state index contributed by atoms with van der Waals surface area (Å²) >= 11 is 0. The number of aromatic nitrogens is 2. The largest absolute Gasteiger partial charge is 0.495 e. The van der Waals surface area contributed by atoms with Gasteiger partial charge in [-0.25, -0.2) is 0 Å². The SMILES string of the molecule is COc1ccc(C)c2c1N(CC(O)Cn1cccn1)CCC2. The van der Waals surface area contributed by atoms with Crippen LogP contribution in [0.1, 0.15) is 17.5 Å². The van der Waals surface area contributed by atoms with Crippen molar-refractivity contribution in [2.45, 2.75) is 32.4 Å². The van der Waals surface area contributed by atoms with Crippen LogP contribution in [0.4, 0.5) is 5.69 Å². The Balaban J connectivity index is 1.80. The number of rotatable bonds is 5. The quantitative estimate of drug-likeness (QED) is 0.918. The van der Waals surface area contributed by atoms with Gasteiger partial charge in [-0.3, -0.25) is 4.68 Å². The molecule has 0 bridgehead atoms. The number of fused-ring (bicyclic) bond motifs is 1. The van der Waals surface area contributed by atoms with E-state index >= 15 is 0 Å². The number of aliphatic hydroxyl groups is 1. The third kappa shape index (κ3) is 2.95. The minimum atomic E-state index is -0.462. The normalized spacial score (nSPS) is 15.5. The second-order valence-corrected chi connectivity index (χ2v) is 5.84. The Morgan fingerprint density at radius 3 is 2.95 bits per heavy atom. The van der Waals surface area contributed by atoms with Gasteiger partial charge in [-0.1, -0.05) is 6.07 Å². The molecule has 3 rings (SSSR count). The molecular weight excluding hydrogens is 278 g/mol. The number of methoxy groups -OCH3 is 1. The van der Waals surface area contributed by atoms with Crippen LogP contribution in [0.2, 0.25) is 0 Å². The highest BCUT2D eigenvalue weighted by Gasteiger charge is 2.24. The summed E-state index contributed by atoms with van der Waals surface area (Å²) in [5, 5.41) is 14.5. The topological polar surface area (TPSA) is 50.5 Å². The van der Waals surface area contributed by atoms with E-state index in [1.165, 1.54) is 11.1 Å². The van der Waals surface area contributed by atoms with Gasteiger partial charge < -0.3 is 14.7 Å². The van der Waals surface area contributed by atoms with E-state index < -0.39 is 6.10 Å². The first-order valence-corrected chi connectivity index (χ1v) is 7.76. The first-order chi connectivity index (χ1) is 10.7. The summed E-state index contributed by atoms with van der Waals surface area (Å²) in [5.41, 5.74) is 3.78. The third-order valence-electron chi connectivity index (χ3n) is 4.26. The molecule has 1 aliphatic rings. The monoisotopic (exact) mass is 301 g/mol. The van der Waals surface area contributed by atoms with E-state index in [2.05, 4.69) is 23.0 Å². The molecule has 0 saturated heterocycles. The minimum Gasteiger partial charge on any atom is -0.495 e. The van der Waals surface area contributed by atoms with Crippen molar-refractivity contribution in [1.82, 2.24) is 9.78 Å². The third-order valence-corrected chi connectivity index (χ3v) is 4.26. The van der Waals surface area contributed by atoms with Gasteiger partial charge >= 0.3 is 0 Å². The molecule has 0 amide bonds. The lowest BCUT2D eigenvalue weighted by Gasteiger charge is -2.34. The van der Waals surface area contributed by atoms with Crippen LogP contribution in [0, 0.1) is 6.92 Å². The number of nitrogens with zero attached hydrogens (tertiary/aromatic N) is 3. The Kier molecular flexibility index (Phi) is 4.34. The van der Waals surface area contributed by atoms with Crippen LogP contribution in [-0.2, 0) is 13.0 Å². The lowest BCUT2D eigenvalue weighted by Crippen LogP contribution is -2.38. The second-order valence-electron chi connectivity index (χ2n) is 5.84. The average molecular weight is 301 g/mol. The van der Waals surface area contributed by atoms with Gasteiger partial charge in [-0.05, 0) is 43.0 Å². The predicted octanol–water partition coefficient (Wildman–Crippen LogP) is 2.01. The summed E-state index contributed by atoms with van der Waals surface area (Å²) < 4.78 is 7.31. The van der Waals surface area contributed by atoms with E-state index in [0.29, 0.717) is 13.1 Å². The zero-order valence-electron chi connectivity index (χ0n) is 13.2. The summed E-state index contributed by atoms with van der Waals surface area (Å²) in [4.78, 5) is 2.25. The molecule has 0 radical (unpaired) electrons. The Morgan fingerprint density at radius 1 is 1.36 bits per heavy atom. The number of aliphatic hydroxyl groups excluding tert-OH is 1. The van der Waals surface area contributed by atoms with Crippen molar-refractivity contribution in [2.24, 2.45) is 0 Å². The standard InChI is InChI=1S/C17H23N3O2/c1-13-6-7-16(22-2)17-15(13)5-3-9-19(17)11-14(21)12-20-10-4-8-18-20/h4,6-8,10,14,21H,3,5,9,11-12H2,1-2H3. The molecule has 0 fully saturated rings. The van der Waals surface area contributed by atoms with Crippen LogP contribution in [0.3, 0.4) is 0 Å². The number of β-amino-alcohol motifs (C(OH)–C–C–N with tert-alkyl or cyclic N) is 1. The van der Waals surface area contributed by atoms with E-state index in [0.717, 1.165) is 30.8 Å². The zero-order valence-corrected chi connectivity index (χ0v) is 13.2. The van der Waals surface area contributed by atoms with Crippen LogP contribution in [0.5, 0.6) is 5.75 Å². The molecule has 5 heteroatoms. The average Bonchev–Trinajstić information content (AvgIpc) is 3.01. The van der Waals surface area contributed by atoms with Crippen LogP contribution in [-0.4, -0.2) is 41.2 Å². The van der Waals surface area contributed by atoms with Crippen LogP contribution in [0.15, 0.2) is 30.6 Å². The van der Waals surface area contributed by atoms with Gasteiger partial charge in [-0.2, -0.15) is 5.10 Å². The highest BCUT2D eigenvalue weighted by molar-refractivity contribution is 5.67. The van der Waals surface area contributed by atoms with Gasteiger partial charge in [0.05, 0.1) is 25.4 Å². The summed E-state index contributed by atoms with van der Waals surface area (Å²) in [6, 6.07) is 6.00. The number of hydrogen-bond acceptors (Lipinski definition) is 4. The maximum atomic E-state index is 10.4. The Hall–Kier alpha value is -2.01. The number of ether oxygens (including phenoxy) is 1. The second kappa shape index (κ2) is 6.40. The van der Waals surface area contributed by atoms with E-state index in [4.69, 9.17) is 4.74 Å². The Morgan fingerprint density at radius 2 is 2.23 bits per heavy atom. The summed E-state index contributed by atoms with van der Waals surface area (Å²) in [5.74, 6) is 0.895. The lowest BCUT2D eigenvalue weighted by molar-refractivity contribution is 0.154. The van der Waals surface area contributed by atoms with Gasteiger partial charge in [0, 0.05) is 25.5 Å². The molecule has 0 saturated carbocycles. The highest BCUT2D eigenvalue weighted by atomic mass is 16.5. The van der Waals surface area contributed by atoms with Crippen molar-refractivity contribution < 1.29 is 9.84 Å². The fourth-order valence-corrected chi connectivity index (χ4v) is 3.22. The minimum absolute atomic E-state index is 0.462. The molecule has 5 nitrogen and oxygen atoms in total. The van der Waals surface area contributed by atoms with Crippen molar-refractivity contribution in [3.05, 3.63) is 41.7 Å². The smallest absolute Gasteiger partial charge is 0.142 e. The number of anilines is 1. The molecule has 1 unspecified atom stereocenters. The fourth-order valence-electron chi connectivity index (χ4n) is 3.22. The van der Waals surface area contributed by atoms with Crippen LogP contribution >= 0.6 is 0 Å². The molecule has 2 aromatic rings. The first kappa shape index (κ1) is 14.9. The van der Waals surface area contributed by atoms with E-state index in [9.17, 15) is 5.11 Å². The Bertz CT molecular complexity index is 625. The van der Waals surface area contributed by atoms with E-state index in [1.807, 2.05) is 18.3 Å². The number of aryl methyl sites for hydroxylation is 1. The van der Waals surface area contributed by atoms with Crippen molar-refractivity contribution in [3.8, 4) is 5.75 Å². The van der Waals surface area contributed by atoms with Crippen LogP contribution < -0.4 is 9.64 Å². The summed E-state index contributed by atoms with van der Waals surface area (Å²) in [6.07, 6.45) is 5.32. The molecule has 0 aliphatic carbocycles. The maximum Gasteiger partial charge on any atom is 0.142 e. The predicted molar refractivity (Wildman–Crippen MR) is 86.5 cm³/mol. The molecule has 0 spiro atoms. The molecule has 22 heavy (non-hydrogen) atoms. The summed E-state index contributed by atoms with van der Waals surface area (Å²) in [6.45, 7) is 4.19. The molecule has 1 atom stereocenters. The highest BCUT2D eigenvalue weighted by Crippen LogP contribution is 2.38. The molecule has 2 heterocycles. The number of hydrogen-bond donors (Lipinski definition) is 1. The lowest BCUT2D eigenvalue weighted by atomic mass is 9.96. The van der Waals surface area contributed by atoms with Gasteiger partial charge in [-0.15, -0.1) is 0 Å². The number of benzene rings is 1. The molecule has 1 aromatic carbocycles. The molecular formula is C17H23N3O2. The molecule has 1 aromatic heterocycles. The van der Waals surface area contributed by atoms with Gasteiger partial charge in [0.1, 0.15) is 5.75 Å². The van der Waals surface area contributed by atoms with Crippen molar-refractivity contribution in [3.63, 3.8) is 0 Å². The van der Waals surface area contributed by atoms with Crippen molar-refractivity contribution >= 4 is 5.69 Å².